The fourth-order valence-corrected chi connectivity index (χ4v) is 3.65. The van der Waals surface area contributed by atoms with Crippen molar-refractivity contribution in [2.24, 2.45) is 0 Å². The maximum Gasteiger partial charge on any atom is 0.321 e. The third-order valence-corrected chi connectivity index (χ3v) is 6.30. The molecule has 0 saturated carbocycles. The second-order valence-electron chi connectivity index (χ2n) is 6.29. The molecule has 0 radical (unpaired) electrons. The van der Waals surface area contributed by atoms with Crippen LogP contribution in [-0.2, 0) is 24.3 Å². The summed E-state index contributed by atoms with van der Waals surface area (Å²) in [5, 5.41) is 2.91. The second-order valence-corrected chi connectivity index (χ2v) is 8.85. The van der Waals surface area contributed by atoms with Crippen LogP contribution in [0.2, 0.25) is 10.0 Å². The summed E-state index contributed by atoms with van der Waals surface area (Å²) >= 11 is 11.9. The van der Waals surface area contributed by atoms with Crippen LogP contribution in [0.15, 0.2) is 41.3 Å². The van der Waals surface area contributed by atoms with Crippen LogP contribution < -0.4 is 10.0 Å². The van der Waals surface area contributed by atoms with Crippen LogP contribution in [0.4, 0.5) is 5.69 Å². The van der Waals surface area contributed by atoms with Gasteiger partial charge in [0, 0.05) is 0 Å². The highest BCUT2D eigenvalue weighted by atomic mass is 35.5. The van der Waals surface area contributed by atoms with Gasteiger partial charge < -0.3 is 10.1 Å². The topological polar surface area (TPSA) is 102 Å². The molecular weight excluding hydrogens is 439 g/mol. The Morgan fingerprint density at radius 3 is 2.45 bits per heavy atom. The first kappa shape index (κ1) is 23.2. The summed E-state index contributed by atoms with van der Waals surface area (Å²) in [5.41, 5.74) is 2.02. The van der Waals surface area contributed by atoms with Crippen molar-refractivity contribution >= 4 is 50.8 Å². The van der Waals surface area contributed by atoms with Gasteiger partial charge >= 0.3 is 5.97 Å². The smallest absolute Gasteiger partial charge is 0.321 e. The standard InChI is InChI=1S/C19H20Cl2N2O5S/c1-11-7-8-14(9-12(11)2)29(26,27)22-10-17(24)28-13(3)19(25)23-16-6-4-5-15(20)18(16)21/h4-9,13,22H,10H2,1-3H3,(H,23,25). The minimum Gasteiger partial charge on any atom is -0.452 e. The highest BCUT2D eigenvalue weighted by Crippen LogP contribution is 2.29. The van der Waals surface area contributed by atoms with E-state index in [4.69, 9.17) is 27.9 Å². The van der Waals surface area contributed by atoms with E-state index in [0.29, 0.717) is 0 Å². The van der Waals surface area contributed by atoms with E-state index in [1.165, 1.54) is 19.1 Å². The van der Waals surface area contributed by atoms with E-state index in [1.807, 2.05) is 6.92 Å². The van der Waals surface area contributed by atoms with Crippen LogP contribution in [0.25, 0.3) is 0 Å². The molecule has 0 bridgehead atoms. The zero-order valence-electron chi connectivity index (χ0n) is 16.0. The van der Waals surface area contributed by atoms with Crippen molar-refractivity contribution in [1.82, 2.24) is 4.72 Å². The SMILES string of the molecule is Cc1ccc(S(=O)(=O)NCC(=O)OC(C)C(=O)Nc2cccc(Cl)c2Cl)cc1C. The fourth-order valence-electron chi connectivity index (χ4n) is 2.25. The molecule has 0 aliphatic heterocycles. The van der Waals surface area contributed by atoms with Crippen molar-refractivity contribution in [2.75, 3.05) is 11.9 Å². The molecule has 0 saturated heterocycles. The number of sulfonamides is 1. The lowest BCUT2D eigenvalue weighted by molar-refractivity contribution is -0.151. The van der Waals surface area contributed by atoms with Gasteiger partial charge in [-0.3, -0.25) is 9.59 Å². The van der Waals surface area contributed by atoms with E-state index >= 15 is 0 Å². The summed E-state index contributed by atoms with van der Waals surface area (Å²) in [6.45, 7) is 4.38. The van der Waals surface area contributed by atoms with Crippen LogP contribution in [0, 0.1) is 13.8 Å². The summed E-state index contributed by atoms with van der Waals surface area (Å²) in [6.07, 6.45) is -1.18. The van der Waals surface area contributed by atoms with Gasteiger partial charge in [-0.2, -0.15) is 4.72 Å². The molecule has 1 unspecified atom stereocenters. The van der Waals surface area contributed by atoms with Crippen LogP contribution in [0.5, 0.6) is 0 Å². The van der Waals surface area contributed by atoms with Crippen molar-refractivity contribution in [1.29, 1.82) is 0 Å². The first-order valence-electron chi connectivity index (χ1n) is 8.52. The van der Waals surface area contributed by atoms with E-state index in [-0.39, 0.29) is 20.6 Å². The molecule has 2 aromatic rings. The largest absolute Gasteiger partial charge is 0.452 e. The Morgan fingerprint density at radius 2 is 1.79 bits per heavy atom. The highest BCUT2D eigenvalue weighted by Gasteiger charge is 2.21. The number of rotatable bonds is 7. The minimum atomic E-state index is -3.89. The zero-order valence-corrected chi connectivity index (χ0v) is 18.3. The number of hydrogen-bond acceptors (Lipinski definition) is 5. The maximum atomic E-state index is 12.3. The molecule has 0 fully saturated rings. The number of aryl methyl sites for hydroxylation is 2. The Morgan fingerprint density at radius 1 is 1.10 bits per heavy atom. The van der Waals surface area contributed by atoms with Gasteiger partial charge in [0.25, 0.3) is 5.91 Å². The molecule has 1 amide bonds. The molecule has 7 nitrogen and oxygen atoms in total. The van der Waals surface area contributed by atoms with E-state index in [0.717, 1.165) is 11.1 Å². The average molecular weight is 459 g/mol. The Balaban J connectivity index is 1.93. The van der Waals surface area contributed by atoms with E-state index in [1.54, 1.807) is 31.2 Å². The number of nitrogens with one attached hydrogen (secondary N) is 2. The van der Waals surface area contributed by atoms with Gasteiger partial charge in [-0.1, -0.05) is 35.3 Å². The first-order chi connectivity index (χ1) is 13.5. The molecule has 0 aromatic heterocycles. The second kappa shape index (κ2) is 9.58. The van der Waals surface area contributed by atoms with Gasteiger partial charge in [-0.05, 0) is 56.2 Å². The molecule has 0 heterocycles. The number of anilines is 1. The molecular formula is C19H20Cl2N2O5S. The number of halogens is 2. The lowest BCUT2D eigenvalue weighted by Gasteiger charge is -2.15. The van der Waals surface area contributed by atoms with E-state index < -0.39 is 34.5 Å². The Hall–Kier alpha value is -2.13. The lowest BCUT2D eigenvalue weighted by Crippen LogP contribution is -2.35. The fraction of sp³-hybridized carbons (Fsp3) is 0.263. The van der Waals surface area contributed by atoms with Gasteiger partial charge in [0.2, 0.25) is 10.0 Å². The number of esters is 1. The highest BCUT2D eigenvalue weighted by molar-refractivity contribution is 7.89. The predicted molar refractivity (Wildman–Crippen MR) is 112 cm³/mol. The van der Waals surface area contributed by atoms with Gasteiger partial charge in [-0.25, -0.2) is 8.42 Å². The molecule has 0 aliphatic rings. The van der Waals surface area contributed by atoms with Crippen LogP contribution >= 0.6 is 23.2 Å². The Labute approximate surface area is 179 Å². The van der Waals surface area contributed by atoms with Gasteiger partial charge in [-0.15, -0.1) is 0 Å². The summed E-state index contributed by atoms with van der Waals surface area (Å²) in [6, 6.07) is 9.33. The molecule has 10 heteroatoms. The molecule has 0 aliphatic carbocycles. The van der Waals surface area contributed by atoms with Crippen molar-refractivity contribution in [3.05, 3.63) is 57.6 Å². The third kappa shape index (κ3) is 6.17. The van der Waals surface area contributed by atoms with Crippen molar-refractivity contribution in [3.8, 4) is 0 Å². The number of hydrogen-bond donors (Lipinski definition) is 2. The molecule has 1 atom stereocenters. The predicted octanol–water partition coefficient (Wildman–Crippen LogP) is 3.46. The molecule has 29 heavy (non-hydrogen) atoms. The number of carbonyl (C=O) groups excluding carboxylic acids is 2. The quantitative estimate of drug-likeness (QED) is 0.618. The van der Waals surface area contributed by atoms with Gasteiger partial charge in [0.05, 0.1) is 20.6 Å². The molecule has 2 rings (SSSR count). The number of carbonyl (C=O) groups is 2. The number of benzene rings is 2. The van der Waals surface area contributed by atoms with Gasteiger partial charge in [0.15, 0.2) is 6.10 Å². The van der Waals surface area contributed by atoms with Crippen LogP contribution in [-0.4, -0.2) is 32.9 Å². The minimum absolute atomic E-state index is 0.0368. The summed E-state index contributed by atoms with van der Waals surface area (Å²) in [5.74, 6) is -1.54. The summed E-state index contributed by atoms with van der Waals surface area (Å²) in [7, 11) is -3.89. The molecule has 2 N–H and O–H groups in total. The zero-order chi connectivity index (χ0) is 21.8. The number of ether oxygens (including phenoxy) is 1. The van der Waals surface area contributed by atoms with E-state index in [2.05, 4.69) is 10.0 Å². The Kier molecular flexibility index (Phi) is 7.65. The van der Waals surface area contributed by atoms with Crippen LogP contribution in [0.3, 0.4) is 0 Å². The molecule has 156 valence electrons. The average Bonchev–Trinajstić information content (AvgIpc) is 2.66. The van der Waals surface area contributed by atoms with Crippen molar-refractivity contribution < 1.29 is 22.7 Å². The molecule has 0 spiro atoms. The Bertz CT molecular complexity index is 1040. The maximum absolute atomic E-state index is 12.3. The van der Waals surface area contributed by atoms with Gasteiger partial charge in [0.1, 0.15) is 6.54 Å². The monoisotopic (exact) mass is 458 g/mol. The molecule has 2 aromatic carbocycles. The summed E-state index contributed by atoms with van der Waals surface area (Å²) in [4.78, 5) is 24.2. The summed E-state index contributed by atoms with van der Waals surface area (Å²) < 4.78 is 31.7. The van der Waals surface area contributed by atoms with Crippen LogP contribution in [0.1, 0.15) is 18.1 Å². The number of amides is 1. The normalized spacial score (nSPS) is 12.3. The van der Waals surface area contributed by atoms with Crippen molar-refractivity contribution in [3.63, 3.8) is 0 Å². The van der Waals surface area contributed by atoms with Crippen molar-refractivity contribution in [2.45, 2.75) is 31.8 Å². The first-order valence-corrected chi connectivity index (χ1v) is 10.8. The lowest BCUT2D eigenvalue weighted by atomic mass is 10.1. The third-order valence-electron chi connectivity index (χ3n) is 4.08. The van der Waals surface area contributed by atoms with E-state index in [9.17, 15) is 18.0 Å².